The van der Waals surface area contributed by atoms with Gasteiger partial charge in [-0.3, -0.25) is 14.5 Å². The van der Waals surface area contributed by atoms with Crippen LogP contribution < -0.4 is 15.4 Å². The van der Waals surface area contributed by atoms with Crippen LogP contribution in [-0.2, 0) is 22.6 Å². The zero-order valence-corrected chi connectivity index (χ0v) is 16.8. The molecule has 0 saturated heterocycles. The van der Waals surface area contributed by atoms with Gasteiger partial charge >= 0.3 is 0 Å². The lowest BCUT2D eigenvalue weighted by Crippen LogP contribution is -2.38. The Morgan fingerprint density at radius 1 is 1.00 bits per heavy atom. The van der Waals surface area contributed by atoms with E-state index in [0.29, 0.717) is 13.2 Å². The lowest BCUT2D eigenvalue weighted by atomic mass is 10.1. The van der Waals surface area contributed by atoms with Crippen molar-refractivity contribution < 1.29 is 14.3 Å². The van der Waals surface area contributed by atoms with Gasteiger partial charge in [-0.2, -0.15) is 0 Å². The second-order valence-electron chi connectivity index (χ2n) is 6.59. The molecule has 0 saturated carbocycles. The number of anilines is 1. The van der Waals surface area contributed by atoms with Gasteiger partial charge in [0.25, 0.3) is 0 Å². The smallest absolute Gasteiger partial charge is 0.238 e. The van der Waals surface area contributed by atoms with Gasteiger partial charge in [-0.25, -0.2) is 0 Å². The Bertz CT molecular complexity index is 792. The third-order valence-electron chi connectivity index (χ3n) is 4.20. The molecule has 0 bridgehead atoms. The highest BCUT2D eigenvalue weighted by Crippen LogP contribution is 2.15. The predicted octanol–water partition coefficient (Wildman–Crippen LogP) is 2.83. The molecule has 2 amide bonds. The molecule has 0 aliphatic carbocycles. The summed E-state index contributed by atoms with van der Waals surface area (Å²) in [5.74, 6) is 0.516. The Hall–Kier alpha value is -2.86. The fourth-order valence-electron chi connectivity index (χ4n) is 2.85. The molecule has 0 aromatic heterocycles. The van der Waals surface area contributed by atoms with E-state index in [1.54, 1.807) is 11.9 Å². The summed E-state index contributed by atoms with van der Waals surface area (Å²) in [5.41, 5.74) is 2.88. The van der Waals surface area contributed by atoms with Crippen LogP contribution in [0.5, 0.6) is 5.75 Å². The zero-order chi connectivity index (χ0) is 20.4. The maximum Gasteiger partial charge on any atom is 0.238 e. The number of likely N-dealkylation sites (N-methyl/N-ethyl adjacent to an activating group) is 1. The molecule has 2 aromatic rings. The number of carbonyl (C=O) groups is 2. The van der Waals surface area contributed by atoms with Crippen LogP contribution in [0.4, 0.5) is 5.69 Å². The predicted molar refractivity (Wildman–Crippen MR) is 111 cm³/mol. The Labute approximate surface area is 166 Å². The molecule has 0 unspecified atom stereocenters. The second kappa shape index (κ2) is 11.1. The quantitative estimate of drug-likeness (QED) is 0.662. The van der Waals surface area contributed by atoms with E-state index in [1.165, 1.54) is 0 Å². The molecule has 2 N–H and O–H groups in total. The summed E-state index contributed by atoms with van der Waals surface area (Å²) in [6.07, 6.45) is 0.846. The molecule has 28 heavy (non-hydrogen) atoms. The van der Waals surface area contributed by atoms with Crippen molar-refractivity contribution in [2.75, 3.05) is 32.1 Å². The van der Waals surface area contributed by atoms with Gasteiger partial charge < -0.3 is 15.4 Å². The van der Waals surface area contributed by atoms with Crippen molar-refractivity contribution in [1.82, 2.24) is 10.2 Å². The minimum Gasteiger partial charge on any atom is -0.494 e. The van der Waals surface area contributed by atoms with Crippen LogP contribution in [-0.4, -0.2) is 43.5 Å². The summed E-state index contributed by atoms with van der Waals surface area (Å²) in [4.78, 5) is 26.1. The van der Waals surface area contributed by atoms with E-state index in [2.05, 4.69) is 10.6 Å². The number of hydrogen-bond donors (Lipinski definition) is 2. The largest absolute Gasteiger partial charge is 0.494 e. The van der Waals surface area contributed by atoms with Crippen molar-refractivity contribution in [2.45, 2.75) is 26.8 Å². The molecule has 0 aliphatic heterocycles. The molecule has 150 valence electrons. The summed E-state index contributed by atoms with van der Waals surface area (Å²) in [5, 5.41) is 5.79. The van der Waals surface area contributed by atoms with Gasteiger partial charge in [-0.05, 0) is 49.7 Å². The third kappa shape index (κ3) is 7.04. The van der Waals surface area contributed by atoms with Gasteiger partial charge in [0.05, 0.1) is 19.7 Å². The Balaban J connectivity index is 1.77. The average Bonchev–Trinajstić information content (AvgIpc) is 2.67. The van der Waals surface area contributed by atoms with E-state index < -0.39 is 0 Å². The lowest BCUT2D eigenvalue weighted by Gasteiger charge is -2.17. The van der Waals surface area contributed by atoms with E-state index in [1.807, 2.05) is 62.4 Å². The number of nitrogens with one attached hydrogen (secondary N) is 2. The molecule has 0 heterocycles. The van der Waals surface area contributed by atoms with Crippen LogP contribution in [0, 0.1) is 0 Å². The van der Waals surface area contributed by atoms with Crippen LogP contribution in [0.15, 0.2) is 48.5 Å². The number of carbonyl (C=O) groups excluding carboxylic acids is 2. The van der Waals surface area contributed by atoms with Gasteiger partial charge in [0, 0.05) is 12.2 Å². The standard InChI is InChI=1S/C22H29N3O3/c1-4-18-10-6-7-12-20(18)24-22(27)16-25(3)15-21(26)23-14-17-9-8-11-19(13-17)28-5-2/h6-13H,4-5,14-16H2,1-3H3,(H,23,26)(H,24,27). The molecular formula is C22H29N3O3. The number of rotatable bonds is 10. The van der Waals surface area contributed by atoms with E-state index in [9.17, 15) is 9.59 Å². The summed E-state index contributed by atoms with van der Waals surface area (Å²) in [6, 6.07) is 15.4. The van der Waals surface area contributed by atoms with Gasteiger partial charge in [0.15, 0.2) is 0 Å². The van der Waals surface area contributed by atoms with Crippen molar-refractivity contribution in [3.05, 3.63) is 59.7 Å². The molecule has 0 fully saturated rings. The van der Waals surface area contributed by atoms with Crippen molar-refractivity contribution in [3.63, 3.8) is 0 Å². The number of amides is 2. The maximum atomic E-state index is 12.3. The molecule has 2 rings (SSSR count). The molecule has 6 heteroatoms. The highest BCUT2D eigenvalue weighted by Gasteiger charge is 2.12. The van der Waals surface area contributed by atoms with E-state index >= 15 is 0 Å². The third-order valence-corrected chi connectivity index (χ3v) is 4.20. The average molecular weight is 383 g/mol. The first-order valence-electron chi connectivity index (χ1n) is 9.56. The van der Waals surface area contributed by atoms with Gasteiger partial charge in [0.2, 0.25) is 11.8 Å². The highest BCUT2D eigenvalue weighted by atomic mass is 16.5. The highest BCUT2D eigenvalue weighted by molar-refractivity contribution is 5.93. The molecular weight excluding hydrogens is 354 g/mol. The van der Waals surface area contributed by atoms with Gasteiger partial charge in [-0.15, -0.1) is 0 Å². The van der Waals surface area contributed by atoms with E-state index in [4.69, 9.17) is 4.74 Å². The van der Waals surface area contributed by atoms with Crippen LogP contribution in [0.1, 0.15) is 25.0 Å². The number of ether oxygens (including phenoxy) is 1. The number of hydrogen-bond acceptors (Lipinski definition) is 4. The molecule has 0 radical (unpaired) electrons. The fraction of sp³-hybridized carbons (Fsp3) is 0.364. The number of aryl methyl sites for hydroxylation is 1. The van der Waals surface area contributed by atoms with Crippen LogP contribution in [0.2, 0.25) is 0 Å². The summed E-state index contributed by atoms with van der Waals surface area (Å²) in [7, 11) is 1.75. The first-order valence-corrected chi connectivity index (χ1v) is 9.56. The summed E-state index contributed by atoms with van der Waals surface area (Å²) >= 11 is 0. The second-order valence-corrected chi connectivity index (χ2v) is 6.59. The Kier molecular flexibility index (Phi) is 8.49. The lowest BCUT2D eigenvalue weighted by molar-refractivity contribution is -0.123. The topological polar surface area (TPSA) is 70.7 Å². The van der Waals surface area contributed by atoms with Crippen molar-refractivity contribution >= 4 is 17.5 Å². The number of para-hydroxylation sites is 1. The Morgan fingerprint density at radius 3 is 2.50 bits per heavy atom. The zero-order valence-electron chi connectivity index (χ0n) is 16.8. The van der Waals surface area contributed by atoms with Crippen molar-refractivity contribution in [2.24, 2.45) is 0 Å². The van der Waals surface area contributed by atoms with Crippen LogP contribution in [0.25, 0.3) is 0 Å². The number of nitrogens with zero attached hydrogens (tertiary/aromatic N) is 1. The van der Waals surface area contributed by atoms with Gasteiger partial charge in [0.1, 0.15) is 5.75 Å². The molecule has 0 aliphatic rings. The molecule has 2 aromatic carbocycles. The molecule has 0 atom stereocenters. The Morgan fingerprint density at radius 2 is 1.75 bits per heavy atom. The summed E-state index contributed by atoms with van der Waals surface area (Å²) < 4.78 is 5.46. The number of benzene rings is 2. The SMILES string of the molecule is CCOc1cccc(CNC(=O)CN(C)CC(=O)Nc2ccccc2CC)c1. The van der Waals surface area contributed by atoms with Crippen molar-refractivity contribution in [1.29, 1.82) is 0 Å². The monoisotopic (exact) mass is 383 g/mol. The minimum absolute atomic E-state index is 0.133. The summed E-state index contributed by atoms with van der Waals surface area (Å²) in [6.45, 7) is 5.29. The fourth-order valence-corrected chi connectivity index (χ4v) is 2.85. The minimum atomic E-state index is -0.138. The van der Waals surface area contributed by atoms with Crippen LogP contribution in [0.3, 0.4) is 0 Å². The molecule has 6 nitrogen and oxygen atoms in total. The van der Waals surface area contributed by atoms with E-state index in [-0.39, 0.29) is 24.9 Å². The normalized spacial score (nSPS) is 10.6. The maximum absolute atomic E-state index is 12.3. The van der Waals surface area contributed by atoms with E-state index in [0.717, 1.165) is 29.0 Å². The van der Waals surface area contributed by atoms with Crippen molar-refractivity contribution in [3.8, 4) is 5.75 Å². The first kappa shape index (κ1) is 21.4. The first-order chi connectivity index (χ1) is 13.5. The van der Waals surface area contributed by atoms with Crippen LogP contribution >= 0.6 is 0 Å². The van der Waals surface area contributed by atoms with Gasteiger partial charge in [-0.1, -0.05) is 37.3 Å². The molecule has 0 spiro atoms.